The van der Waals surface area contributed by atoms with Crippen LogP contribution >= 0.6 is 11.6 Å². The Kier molecular flexibility index (Phi) is 4.72. The number of rotatable bonds is 4. The Morgan fingerprint density at radius 1 is 1.65 bits per heavy atom. The van der Waals surface area contributed by atoms with Crippen molar-refractivity contribution in [2.24, 2.45) is 11.7 Å². The van der Waals surface area contributed by atoms with Crippen LogP contribution < -0.4 is 5.73 Å². The highest BCUT2D eigenvalue weighted by Gasteiger charge is 2.23. The van der Waals surface area contributed by atoms with E-state index < -0.39 is 12.2 Å². The molecule has 0 aliphatic carbocycles. The number of amides is 1. The molecule has 1 atom stereocenters. The van der Waals surface area contributed by atoms with E-state index in [9.17, 15) is 9.90 Å². The highest BCUT2D eigenvalue weighted by atomic mass is 35.5. The van der Waals surface area contributed by atoms with E-state index in [1.807, 2.05) is 13.8 Å². The molecule has 6 heteroatoms. The van der Waals surface area contributed by atoms with Gasteiger partial charge in [-0.1, -0.05) is 25.4 Å². The molecule has 1 rings (SSSR count). The average Bonchev–Trinajstić information content (AvgIpc) is 2.25. The minimum absolute atomic E-state index is 0.0125. The standard InChI is InChI=1S/C11H15ClN2O3/c1-6(2)10(17-11(13)16)9-7(5-15)3-8(12)4-14-9/h3-4,6,10,15H,5H2,1-2H3,(H2,13,16). The number of aromatic nitrogens is 1. The molecule has 1 aromatic rings. The van der Waals surface area contributed by atoms with Crippen molar-refractivity contribution in [1.29, 1.82) is 0 Å². The second-order valence-electron chi connectivity index (χ2n) is 3.96. The zero-order valence-electron chi connectivity index (χ0n) is 9.68. The summed E-state index contributed by atoms with van der Waals surface area (Å²) in [5, 5.41) is 9.65. The smallest absolute Gasteiger partial charge is 0.405 e. The van der Waals surface area contributed by atoms with Gasteiger partial charge in [-0.3, -0.25) is 4.98 Å². The summed E-state index contributed by atoms with van der Waals surface area (Å²) in [6.07, 6.45) is -0.0215. The van der Waals surface area contributed by atoms with Gasteiger partial charge in [0.15, 0.2) is 0 Å². The molecule has 94 valence electrons. The summed E-state index contributed by atoms with van der Waals surface area (Å²) in [5.74, 6) is -0.0125. The number of halogens is 1. The van der Waals surface area contributed by atoms with Crippen LogP contribution in [0.2, 0.25) is 5.02 Å². The van der Waals surface area contributed by atoms with E-state index in [2.05, 4.69) is 4.98 Å². The van der Waals surface area contributed by atoms with Crippen LogP contribution in [0.1, 0.15) is 31.2 Å². The van der Waals surface area contributed by atoms with E-state index in [0.29, 0.717) is 16.3 Å². The van der Waals surface area contributed by atoms with E-state index >= 15 is 0 Å². The van der Waals surface area contributed by atoms with Crippen LogP contribution in [-0.2, 0) is 11.3 Å². The van der Waals surface area contributed by atoms with Crippen molar-refractivity contribution in [3.05, 3.63) is 28.5 Å². The maximum atomic E-state index is 10.8. The lowest BCUT2D eigenvalue weighted by molar-refractivity contribution is 0.0740. The lowest BCUT2D eigenvalue weighted by Crippen LogP contribution is -2.22. The molecule has 1 amide bonds. The molecule has 0 aliphatic heterocycles. The van der Waals surface area contributed by atoms with Gasteiger partial charge >= 0.3 is 6.09 Å². The number of hydrogen-bond donors (Lipinski definition) is 2. The number of ether oxygens (including phenoxy) is 1. The number of nitrogens with two attached hydrogens (primary N) is 1. The van der Waals surface area contributed by atoms with Crippen LogP contribution in [0.5, 0.6) is 0 Å². The third-order valence-corrected chi connectivity index (χ3v) is 2.46. The van der Waals surface area contributed by atoms with Gasteiger partial charge in [0, 0.05) is 11.8 Å². The molecule has 1 unspecified atom stereocenters. The van der Waals surface area contributed by atoms with Crippen LogP contribution in [-0.4, -0.2) is 16.2 Å². The number of carbonyl (C=O) groups excluding carboxylic acids is 1. The normalized spacial score (nSPS) is 12.5. The first-order chi connectivity index (χ1) is 7.95. The maximum Gasteiger partial charge on any atom is 0.405 e. The molecule has 0 fully saturated rings. The summed E-state index contributed by atoms with van der Waals surface area (Å²) in [6, 6.07) is 1.59. The lowest BCUT2D eigenvalue weighted by atomic mass is 10.00. The Morgan fingerprint density at radius 3 is 2.76 bits per heavy atom. The molecule has 0 radical (unpaired) electrons. The Balaban J connectivity index is 3.13. The molecule has 3 N–H and O–H groups in total. The quantitative estimate of drug-likeness (QED) is 0.865. The fraction of sp³-hybridized carbons (Fsp3) is 0.455. The highest BCUT2D eigenvalue weighted by Crippen LogP contribution is 2.28. The Labute approximate surface area is 105 Å². The molecule has 17 heavy (non-hydrogen) atoms. The van der Waals surface area contributed by atoms with Crippen molar-refractivity contribution in [3.63, 3.8) is 0 Å². The SMILES string of the molecule is CC(C)C(OC(N)=O)c1ncc(Cl)cc1CO. The molecular formula is C11H15ClN2O3. The molecule has 1 heterocycles. The topological polar surface area (TPSA) is 85.4 Å². The zero-order chi connectivity index (χ0) is 13.0. The largest absolute Gasteiger partial charge is 0.440 e. The molecule has 0 saturated carbocycles. The molecule has 0 spiro atoms. The molecule has 0 saturated heterocycles. The monoisotopic (exact) mass is 258 g/mol. The summed E-state index contributed by atoms with van der Waals surface area (Å²) in [7, 11) is 0. The molecule has 0 bridgehead atoms. The average molecular weight is 259 g/mol. The third-order valence-electron chi connectivity index (χ3n) is 2.26. The van der Waals surface area contributed by atoms with Gasteiger partial charge in [-0.25, -0.2) is 4.79 Å². The number of pyridine rings is 1. The third kappa shape index (κ3) is 3.57. The van der Waals surface area contributed by atoms with Crippen LogP contribution in [0.15, 0.2) is 12.3 Å². The maximum absolute atomic E-state index is 10.8. The second kappa shape index (κ2) is 5.84. The Bertz CT molecular complexity index is 410. The minimum atomic E-state index is -0.871. The van der Waals surface area contributed by atoms with Crippen LogP contribution in [0.25, 0.3) is 0 Å². The van der Waals surface area contributed by atoms with Gasteiger partial charge in [0.1, 0.15) is 6.10 Å². The number of carbonyl (C=O) groups is 1. The summed E-state index contributed by atoms with van der Waals surface area (Å²) in [6.45, 7) is 3.50. The van der Waals surface area contributed by atoms with Gasteiger partial charge in [-0.05, 0) is 12.0 Å². The van der Waals surface area contributed by atoms with Crippen molar-refractivity contribution in [2.45, 2.75) is 26.6 Å². The second-order valence-corrected chi connectivity index (χ2v) is 4.39. The predicted octanol–water partition coefficient (Wildman–Crippen LogP) is 2.02. The number of nitrogens with zero attached hydrogens (tertiary/aromatic N) is 1. The Morgan fingerprint density at radius 2 is 2.29 bits per heavy atom. The number of aliphatic hydroxyl groups excluding tert-OH is 1. The summed E-state index contributed by atoms with van der Waals surface area (Å²) < 4.78 is 5.00. The molecule has 0 aliphatic rings. The fourth-order valence-corrected chi connectivity index (χ4v) is 1.69. The molecule has 1 aromatic heterocycles. The summed E-state index contributed by atoms with van der Waals surface area (Å²) >= 11 is 5.78. The van der Waals surface area contributed by atoms with E-state index in [1.165, 1.54) is 6.20 Å². The first kappa shape index (κ1) is 13.7. The van der Waals surface area contributed by atoms with Crippen LogP contribution in [0, 0.1) is 5.92 Å². The number of hydrogen-bond acceptors (Lipinski definition) is 4. The van der Waals surface area contributed by atoms with Gasteiger partial charge in [0.05, 0.1) is 17.3 Å². The molecule has 5 nitrogen and oxygen atoms in total. The van der Waals surface area contributed by atoms with Crippen molar-refractivity contribution >= 4 is 17.7 Å². The van der Waals surface area contributed by atoms with Gasteiger partial charge < -0.3 is 15.6 Å². The number of primary amides is 1. The Hall–Kier alpha value is -1.33. The first-order valence-corrected chi connectivity index (χ1v) is 5.54. The highest BCUT2D eigenvalue weighted by molar-refractivity contribution is 6.30. The minimum Gasteiger partial charge on any atom is -0.440 e. The van der Waals surface area contributed by atoms with E-state index in [-0.39, 0.29) is 12.5 Å². The van der Waals surface area contributed by atoms with E-state index in [1.54, 1.807) is 6.07 Å². The van der Waals surface area contributed by atoms with Crippen LogP contribution in [0.3, 0.4) is 0 Å². The van der Waals surface area contributed by atoms with Gasteiger partial charge in [0.25, 0.3) is 0 Å². The fourth-order valence-electron chi connectivity index (χ4n) is 1.51. The van der Waals surface area contributed by atoms with Gasteiger partial charge in [-0.2, -0.15) is 0 Å². The van der Waals surface area contributed by atoms with Crippen molar-refractivity contribution in [1.82, 2.24) is 4.98 Å². The predicted molar refractivity (Wildman–Crippen MR) is 63.4 cm³/mol. The lowest BCUT2D eigenvalue weighted by Gasteiger charge is -2.21. The van der Waals surface area contributed by atoms with E-state index in [0.717, 1.165) is 0 Å². The van der Waals surface area contributed by atoms with Crippen molar-refractivity contribution in [3.8, 4) is 0 Å². The van der Waals surface area contributed by atoms with Gasteiger partial charge in [0.2, 0.25) is 0 Å². The summed E-state index contributed by atoms with van der Waals surface area (Å²) in [5.41, 5.74) is 6.02. The van der Waals surface area contributed by atoms with Crippen molar-refractivity contribution < 1.29 is 14.6 Å². The van der Waals surface area contributed by atoms with Gasteiger partial charge in [-0.15, -0.1) is 0 Å². The van der Waals surface area contributed by atoms with Crippen LogP contribution in [0.4, 0.5) is 4.79 Å². The number of aliphatic hydroxyl groups is 1. The summed E-state index contributed by atoms with van der Waals surface area (Å²) in [4.78, 5) is 14.9. The first-order valence-electron chi connectivity index (χ1n) is 5.17. The van der Waals surface area contributed by atoms with E-state index in [4.69, 9.17) is 22.1 Å². The van der Waals surface area contributed by atoms with Crippen molar-refractivity contribution in [2.75, 3.05) is 0 Å². The molecule has 0 aromatic carbocycles. The molecular weight excluding hydrogens is 244 g/mol. The zero-order valence-corrected chi connectivity index (χ0v) is 10.4.